The summed E-state index contributed by atoms with van der Waals surface area (Å²) in [7, 11) is 0. The second kappa shape index (κ2) is 5.92. The van der Waals surface area contributed by atoms with Crippen molar-refractivity contribution in [1.82, 2.24) is 0 Å². The molecule has 0 bridgehead atoms. The fourth-order valence-electron chi connectivity index (χ4n) is 1.76. The van der Waals surface area contributed by atoms with E-state index in [-0.39, 0.29) is 18.2 Å². The summed E-state index contributed by atoms with van der Waals surface area (Å²) in [6, 6.07) is 10.9. The van der Waals surface area contributed by atoms with Gasteiger partial charge in [-0.25, -0.2) is 0 Å². The van der Waals surface area contributed by atoms with Crippen LogP contribution in [0.4, 0.5) is 0 Å². The molecule has 6 heteroatoms. The van der Waals surface area contributed by atoms with Crippen LogP contribution in [0, 0.1) is 5.41 Å². The molecule has 3 N–H and O–H groups in total. The van der Waals surface area contributed by atoms with Crippen LogP contribution in [0.25, 0.3) is 10.8 Å². The number of rotatable bonds is 4. The van der Waals surface area contributed by atoms with Crippen LogP contribution >= 0.6 is 0 Å². The maximum absolute atomic E-state index is 10.9. The van der Waals surface area contributed by atoms with Crippen LogP contribution in [-0.4, -0.2) is 18.2 Å². The first-order chi connectivity index (χ1) is 9.60. The molecule has 0 atom stereocenters. The van der Waals surface area contributed by atoms with E-state index in [0.29, 0.717) is 11.3 Å². The highest BCUT2D eigenvalue weighted by Crippen LogP contribution is 2.22. The number of benzene rings is 2. The van der Waals surface area contributed by atoms with Crippen molar-refractivity contribution in [2.24, 2.45) is 16.2 Å². The lowest BCUT2D eigenvalue weighted by Gasteiger charge is -2.06. The number of carbonyl (C=O) groups is 1. The van der Waals surface area contributed by atoms with Gasteiger partial charge in [-0.3, -0.25) is 10.2 Å². The molecule has 6 nitrogen and oxygen atoms in total. The second-order valence-corrected chi connectivity index (χ2v) is 4.28. The normalized spacial score (nSPS) is 10.8. The number of fused-ring (bicyclic) bond motifs is 1. The molecule has 0 aliphatic rings. The highest BCUT2D eigenvalue weighted by atomic mass is 16.5. The molecule has 0 aliphatic carbocycles. The smallest absolute Gasteiger partial charge is 0.176 e. The van der Waals surface area contributed by atoms with E-state index in [0.717, 1.165) is 10.8 Å². The summed E-state index contributed by atoms with van der Waals surface area (Å²) in [6.45, 7) is 1.54. The molecule has 0 spiro atoms. The summed E-state index contributed by atoms with van der Waals surface area (Å²) >= 11 is 0. The highest BCUT2D eigenvalue weighted by molar-refractivity contribution is 6.00. The van der Waals surface area contributed by atoms with E-state index in [2.05, 4.69) is 10.3 Å². The predicted molar refractivity (Wildman–Crippen MR) is 76.0 cm³/mol. The van der Waals surface area contributed by atoms with Gasteiger partial charge in [0, 0.05) is 5.56 Å². The molecule has 0 saturated carbocycles. The van der Waals surface area contributed by atoms with Gasteiger partial charge in [0.25, 0.3) is 0 Å². The maximum Gasteiger partial charge on any atom is 0.176 e. The van der Waals surface area contributed by atoms with E-state index in [1.165, 1.54) is 6.92 Å². The number of ether oxygens (including phenoxy) is 1. The van der Waals surface area contributed by atoms with Gasteiger partial charge in [-0.05, 0) is 35.9 Å². The molecule has 0 fully saturated rings. The van der Waals surface area contributed by atoms with Gasteiger partial charge in [0.05, 0.1) is 0 Å². The molecule has 0 unspecified atom stereocenters. The number of nitrogens with two attached hydrogens (primary N) is 1. The number of amidine groups is 1. The molecule has 0 heterocycles. The van der Waals surface area contributed by atoms with Crippen molar-refractivity contribution >= 4 is 22.4 Å². The van der Waals surface area contributed by atoms with Crippen molar-refractivity contribution in [3.8, 4) is 5.75 Å². The minimum absolute atomic E-state index is 0.00584. The van der Waals surface area contributed by atoms with Crippen molar-refractivity contribution in [2.45, 2.75) is 6.92 Å². The molecule has 2 aromatic carbocycles. The van der Waals surface area contributed by atoms with Crippen molar-refractivity contribution in [1.29, 1.82) is 5.41 Å². The number of Topliss-reactive ketones (excluding diaryl/α,β-unsaturated/α-hetero) is 1. The van der Waals surface area contributed by atoms with Crippen LogP contribution in [0.3, 0.4) is 0 Å². The summed E-state index contributed by atoms with van der Waals surface area (Å²) in [4.78, 5) is 10.9. The van der Waals surface area contributed by atoms with Crippen LogP contribution in [0.1, 0.15) is 12.5 Å². The van der Waals surface area contributed by atoms with Crippen molar-refractivity contribution in [2.75, 3.05) is 6.61 Å². The van der Waals surface area contributed by atoms with Crippen LogP contribution < -0.4 is 10.6 Å². The quantitative estimate of drug-likeness (QED) is 0.293. The molecular formula is C14H14N4O2. The van der Waals surface area contributed by atoms with E-state index < -0.39 is 0 Å². The van der Waals surface area contributed by atoms with Crippen molar-refractivity contribution in [3.63, 3.8) is 0 Å². The Morgan fingerprint density at radius 1 is 1.25 bits per heavy atom. The van der Waals surface area contributed by atoms with Crippen molar-refractivity contribution in [3.05, 3.63) is 42.0 Å². The van der Waals surface area contributed by atoms with Gasteiger partial charge in [-0.1, -0.05) is 23.4 Å². The summed E-state index contributed by atoms with van der Waals surface area (Å²) in [5.74, 6) is 5.55. The molecule has 0 saturated heterocycles. The molecule has 2 aromatic rings. The Morgan fingerprint density at radius 2 is 1.95 bits per heavy atom. The van der Waals surface area contributed by atoms with Crippen LogP contribution in [0.15, 0.2) is 46.7 Å². The zero-order chi connectivity index (χ0) is 14.5. The number of hydrogen-bond donors (Lipinski definition) is 2. The minimum atomic E-state index is -0.0268. The van der Waals surface area contributed by atoms with E-state index in [4.69, 9.17) is 16.0 Å². The molecule has 0 amide bonds. The lowest BCUT2D eigenvalue weighted by Crippen LogP contribution is -2.06. The number of nitrogens with one attached hydrogen (secondary N) is 1. The Hall–Kier alpha value is -2.76. The number of hydrogen-bond acceptors (Lipinski definition) is 4. The Bertz CT molecular complexity index is 695. The second-order valence-electron chi connectivity index (χ2n) is 4.28. The van der Waals surface area contributed by atoms with Gasteiger partial charge >= 0.3 is 0 Å². The monoisotopic (exact) mass is 270 g/mol. The number of carbonyl (C=O) groups excluding carboxylic acids is 1. The molecular weight excluding hydrogens is 256 g/mol. The van der Waals surface area contributed by atoms with Gasteiger partial charge in [0.1, 0.15) is 12.4 Å². The number of ketones is 1. The van der Waals surface area contributed by atoms with Crippen LogP contribution in [0.2, 0.25) is 0 Å². The largest absolute Gasteiger partial charge is 0.486 e. The van der Waals surface area contributed by atoms with E-state index in [1.807, 2.05) is 24.3 Å². The Morgan fingerprint density at radius 3 is 2.65 bits per heavy atom. The third-order valence-corrected chi connectivity index (χ3v) is 2.68. The molecule has 0 aliphatic heterocycles. The predicted octanol–water partition coefficient (Wildman–Crippen LogP) is 2.46. The Kier molecular flexibility index (Phi) is 4.05. The Labute approximate surface area is 115 Å². The van der Waals surface area contributed by atoms with E-state index >= 15 is 0 Å². The van der Waals surface area contributed by atoms with Crippen molar-refractivity contribution < 1.29 is 9.53 Å². The van der Waals surface area contributed by atoms with Crippen LogP contribution in [-0.2, 0) is 4.79 Å². The fourth-order valence-corrected chi connectivity index (χ4v) is 1.76. The third kappa shape index (κ3) is 3.17. The van der Waals surface area contributed by atoms with Gasteiger partial charge in [-0.15, -0.1) is 5.11 Å². The van der Waals surface area contributed by atoms with Gasteiger partial charge < -0.3 is 10.6 Å². The fraction of sp³-hybridized carbons (Fsp3) is 0.143. The molecule has 102 valence electrons. The standard InChI is InChI=1S/C14H14N4O2/c1-9(19)8-20-13-5-4-10-6-12(14(15)17-18-16)3-2-11(10)7-13/h2-7H,8H2,1H3,(H3,15,16,17). The molecule has 0 radical (unpaired) electrons. The molecule has 0 aromatic heterocycles. The van der Waals surface area contributed by atoms with Gasteiger partial charge in [-0.2, -0.15) is 0 Å². The summed E-state index contributed by atoms with van der Waals surface area (Å²) in [6.07, 6.45) is 0. The first-order valence-electron chi connectivity index (χ1n) is 5.96. The summed E-state index contributed by atoms with van der Waals surface area (Å²) < 4.78 is 5.35. The minimum Gasteiger partial charge on any atom is -0.486 e. The van der Waals surface area contributed by atoms with E-state index in [1.54, 1.807) is 12.1 Å². The average Bonchev–Trinajstić information content (AvgIpc) is 2.44. The Balaban J connectivity index is 2.29. The first kappa shape index (κ1) is 13.7. The number of nitrogens with zero attached hydrogens (tertiary/aromatic N) is 2. The van der Waals surface area contributed by atoms with Gasteiger partial charge in [0.15, 0.2) is 11.6 Å². The SMILES string of the molecule is CC(=O)COc1ccc2cc(C(=N)N=NN)ccc2c1. The molecule has 2 rings (SSSR count). The third-order valence-electron chi connectivity index (χ3n) is 2.68. The van der Waals surface area contributed by atoms with E-state index in [9.17, 15) is 4.79 Å². The maximum atomic E-state index is 10.9. The van der Waals surface area contributed by atoms with Crippen LogP contribution in [0.5, 0.6) is 5.75 Å². The highest BCUT2D eigenvalue weighted by Gasteiger charge is 2.04. The zero-order valence-corrected chi connectivity index (χ0v) is 11.0. The zero-order valence-electron chi connectivity index (χ0n) is 11.0. The summed E-state index contributed by atoms with van der Waals surface area (Å²) in [5.41, 5.74) is 0.629. The lowest BCUT2D eigenvalue weighted by atomic mass is 10.1. The lowest BCUT2D eigenvalue weighted by molar-refractivity contribution is -0.118. The summed E-state index contributed by atoms with van der Waals surface area (Å²) in [5, 5.41) is 16.1. The topological polar surface area (TPSA) is 101 Å². The first-order valence-corrected chi connectivity index (χ1v) is 5.96. The van der Waals surface area contributed by atoms with Gasteiger partial charge in [0.2, 0.25) is 0 Å². The molecule has 20 heavy (non-hydrogen) atoms. The average molecular weight is 270 g/mol.